The van der Waals surface area contributed by atoms with Crippen LogP contribution in [-0.4, -0.2) is 43.5 Å². The van der Waals surface area contributed by atoms with Crippen molar-refractivity contribution in [2.24, 2.45) is 0 Å². The fraction of sp³-hybridized carbons (Fsp3) is 0.571. The minimum absolute atomic E-state index is 0.871. The third kappa shape index (κ3) is 4.96. The SMILES string of the molecule is CCN(CCCN(C)C)Cc1c(N)cccc1Br. The topological polar surface area (TPSA) is 32.5 Å². The number of nitrogen functional groups attached to an aromatic ring is 1. The Bertz CT molecular complexity index is 346. The number of benzene rings is 1. The lowest BCUT2D eigenvalue weighted by Crippen LogP contribution is -2.27. The van der Waals surface area contributed by atoms with Crippen molar-refractivity contribution in [2.75, 3.05) is 39.5 Å². The summed E-state index contributed by atoms with van der Waals surface area (Å²) in [5.41, 5.74) is 8.11. The molecule has 0 fully saturated rings. The zero-order valence-electron chi connectivity index (χ0n) is 11.6. The molecule has 18 heavy (non-hydrogen) atoms. The fourth-order valence-electron chi connectivity index (χ4n) is 1.93. The van der Waals surface area contributed by atoms with Gasteiger partial charge in [0, 0.05) is 22.3 Å². The summed E-state index contributed by atoms with van der Waals surface area (Å²) in [5.74, 6) is 0. The summed E-state index contributed by atoms with van der Waals surface area (Å²) in [7, 11) is 4.23. The van der Waals surface area contributed by atoms with Crippen molar-refractivity contribution in [2.45, 2.75) is 19.9 Å². The molecule has 0 heterocycles. The zero-order valence-corrected chi connectivity index (χ0v) is 13.2. The second-order valence-electron chi connectivity index (χ2n) is 4.83. The van der Waals surface area contributed by atoms with E-state index < -0.39 is 0 Å². The van der Waals surface area contributed by atoms with Crippen LogP contribution in [0, 0.1) is 0 Å². The van der Waals surface area contributed by atoms with E-state index in [1.165, 1.54) is 12.0 Å². The van der Waals surface area contributed by atoms with E-state index in [-0.39, 0.29) is 0 Å². The molecule has 0 radical (unpaired) electrons. The maximum absolute atomic E-state index is 6.04. The molecule has 0 unspecified atom stereocenters. The van der Waals surface area contributed by atoms with E-state index in [1.54, 1.807) is 0 Å². The number of hydrogen-bond donors (Lipinski definition) is 1. The second kappa shape index (κ2) is 7.77. The van der Waals surface area contributed by atoms with Crippen LogP contribution >= 0.6 is 15.9 Å². The van der Waals surface area contributed by atoms with Crippen LogP contribution in [0.15, 0.2) is 22.7 Å². The van der Waals surface area contributed by atoms with Gasteiger partial charge in [-0.2, -0.15) is 0 Å². The molecular formula is C14H24BrN3. The lowest BCUT2D eigenvalue weighted by molar-refractivity contribution is 0.259. The number of halogens is 1. The molecule has 0 bridgehead atoms. The number of nitrogens with zero attached hydrogens (tertiary/aromatic N) is 2. The van der Waals surface area contributed by atoms with Gasteiger partial charge in [0.2, 0.25) is 0 Å². The second-order valence-corrected chi connectivity index (χ2v) is 5.69. The van der Waals surface area contributed by atoms with E-state index in [0.717, 1.165) is 36.3 Å². The predicted molar refractivity (Wildman–Crippen MR) is 82.7 cm³/mol. The van der Waals surface area contributed by atoms with Crippen LogP contribution in [-0.2, 0) is 6.54 Å². The molecule has 0 aliphatic heterocycles. The molecule has 0 saturated carbocycles. The van der Waals surface area contributed by atoms with Crippen LogP contribution in [0.3, 0.4) is 0 Å². The molecular weight excluding hydrogens is 290 g/mol. The maximum atomic E-state index is 6.04. The zero-order chi connectivity index (χ0) is 13.5. The third-order valence-corrected chi connectivity index (χ3v) is 3.81. The first-order valence-corrected chi connectivity index (χ1v) is 7.23. The highest BCUT2D eigenvalue weighted by Gasteiger charge is 2.09. The van der Waals surface area contributed by atoms with Crippen molar-refractivity contribution in [3.63, 3.8) is 0 Å². The number of rotatable bonds is 7. The van der Waals surface area contributed by atoms with Crippen molar-refractivity contribution in [3.05, 3.63) is 28.2 Å². The molecule has 102 valence electrons. The summed E-state index contributed by atoms with van der Waals surface area (Å²) in [6, 6.07) is 6.00. The summed E-state index contributed by atoms with van der Waals surface area (Å²) in [4.78, 5) is 4.65. The summed E-state index contributed by atoms with van der Waals surface area (Å²) in [5, 5.41) is 0. The molecule has 0 aliphatic carbocycles. The maximum Gasteiger partial charge on any atom is 0.0371 e. The first kappa shape index (κ1) is 15.5. The molecule has 0 amide bonds. The van der Waals surface area contributed by atoms with Crippen LogP contribution < -0.4 is 5.73 Å². The average molecular weight is 314 g/mol. The van der Waals surface area contributed by atoms with Crippen LogP contribution in [0.25, 0.3) is 0 Å². The smallest absolute Gasteiger partial charge is 0.0371 e. The molecule has 2 N–H and O–H groups in total. The van der Waals surface area contributed by atoms with E-state index in [0.29, 0.717) is 0 Å². The minimum Gasteiger partial charge on any atom is -0.398 e. The van der Waals surface area contributed by atoms with E-state index in [4.69, 9.17) is 5.73 Å². The largest absolute Gasteiger partial charge is 0.398 e. The number of nitrogens with two attached hydrogens (primary N) is 1. The molecule has 1 aromatic carbocycles. The highest BCUT2D eigenvalue weighted by molar-refractivity contribution is 9.10. The van der Waals surface area contributed by atoms with Crippen molar-refractivity contribution in [3.8, 4) is 0 Å². The molecule has 0 saturated heterocycles. The van der Waals surface area contributed by atoms with Gasteiger partial charge in [-0.15, -0.1) is 0 Å². The summed E-state index contributed by atoms with van der Waals surface area (Å²) in [6.07, 6.45) is 1.19. The summed E-state index contributed by atoms with van der Waals surface area (Å²) in [6.45, 7) is 6.39. The third-order valence-electron chi connectivity index (χ3n) is 3.06. The van der Waals surface area contributed by atoms with Crippen molar-refractivity contribution in [1.29, 1.82) is 0 Å². The Kier molecular flexibility index (Phi) is 6.68. The van der Waals surface area contributed by atoms with Gasteiger partial charge in [0.05, 0.1) is 0 Å². The number of anilines is 1. The number of hydrogen-bond acceptors (Lipinski definition) is 3. The standard InChI is InChI=1S/C14H24BrN3/c1-4-18(10-6-9-17(2)3)11-12-13(15)7-5-8-14(12)16/h5,7-8H,4,6,9-11,16H2,1-3H3. The van der Waals surface area contributed by atoms with Gasteiger partial charge < -0.3 is 10.6 Å². The van der Waals surface area contributed by atoms with Gasteiger partial charge in [-0.1, -0.05) is 28.9 Å². The molecule has 4 heteroatoms. The van der Waals surface area contributed by atoms with Crippen LogP contribution in [0.5, 0.6) is 0 Å². The normalized spacial score (nSPS) is 11.4. The molecule has 1 aromatic rings. The molecule has 0 spiro atoms. The van der Waals surface area contributed by atoms with Gasteiger partial charge in [0.15, 0.2) is 0 Å². The molecule has 0 aliphatic rings. The average Bonchev–Trinajstić information content (AvgIpc) is 2.31. The first-order chi connectivity index (χ1) is 8.54. The lowest BCUT2D eigenvalue weighted by Gasteiger charge is -2.23. The van der Waals surface area contributed by atoms with Gasteiger partial charge >= 0.3 is 0 Å². The van der Waals surface area contributed by atoms with Gasteiger partial charge in [-0.25, -0.2) is 0 Å². The Labute approximate surface area is 119 Å². The molecule has 0 atom stereocenters. The Morgan fingerprint density at radius 1 is 1.22 bits per heavy atom. The van der Waals surface area contributed by atoms with Crippen LogP contribution in [0.4, 0.5) is 5.69 Å². The molecule has 1 rings (SSSR count). The van der Waals surface area contributed by atoms with Crippen molar-refractivity contribution < 1.29 is 0 Å². The van der Waals surface area contributed by atoms with Crippen LogP contribution in [0.1, 0.15) is 18.9 Å². The van der Waals surface area contributed by atoms with E-state index >= 15 is 0 Å². The van der Waals surface area contributed by atoms with Gasteiger partial charge in [0.1, 0.15) is 0 Å². The van der Waals surface area contributed by atoms with Crippen LogP contribution in [0.2, 0.25) is 0 Å². The Morgan fingerprint density at radius 2 is 1.94 bits per heavy atom. The molecule has 3 nitrogen and oxygen atoms in total. The van der Waals surface area contributed by atoms with Gasteiger partial charge in [0.25, 0.3) is 0 Å². The van der Waals surface area contributed by atoms with Gasteiger partial charge in [-0.3, -0.25) is 4.90 Å². The highest BCUT2D eigenvalue weighted by atomic mass is 79.9. The van der Waals surface area contributed by atoms with E-state index in [1.807, 2.05) is 12.1 Å². The highest BCUT2D eigenvalue weighted by Crippen LogP contribution is 2.24. The Balaban J connectivity index is 2.57. The minimum atomic E-state index is 0.871. The summed E-state index contributed by atoms with van der Waals surface area (Å²) < 4.78 is 1.11. The van der Waals surface area contributed by atoms with E-state index in [2.05, 4.69) is 52.8 Å². The quantitative estimate of drug-likeness (QED) is 0.786. The lowest BCUT2D eigenvalue weighted by atomic mass is 10.1. The van der Waals surface area contributed by atoms with Gasteiger partial charge in [-0.05, 0) is 52.3 Å². The Morgan fingerprint density at radius 3 is 2.50 bits per heavy atom. The predicted octanol–water partition coefficient (Wildman–Crippen LogP) is 2.80. The Hall–Kier alpha value is -0.580. The molecule has 0 aromatic heterocycles. The van der Waals surface area contributed by atoms with Crippen molar-refractivity contribution in [1.82, 2.24) is 9.80 Å². The first-order valence-electron chi connectivity index (χ1n) is 6.44. The van der Waals surface area contributed by atoms with Crippen molar-refractivity contribution >= 4 is 21.6 Å². The summed E-state index contributed by atoms with van der Waals surface area (Å²) >= 11 is 3.58. The monoisotopic (exact) mass is 313 g/mol. The fourth-order valence-corrected chi connectivity index (χ4v) is 2.43. The van der Waals surface area contributed by atoms with E-state index in [9.17, 15) is 0 Å².